The SMILES string of the molecule is O=C(NCCNc1ccc([N+](=O)[O-])cc1)c1ccc2ccccc2n1. The van der Waals surface area contributed by atoms with Gasteiger partial charge in [-0.25, -0.2) is 4.98 Å². The molecular formula is C18H16N4O3. The molecule has 0 saturated carbocycles. The van der Waals surface area contributed by atoms with Crippen LogP contribution in [-0.2, 0) is 0 Å². The van der Waals surface area contributed by atoms with Crippen LogP contribution in [0.2, 0.25) is 0 Å². The highest BCUT2D eigenvalue weighted by molar-refractivity contribution is 5.94. The summed E-state index contributed by atoms with van der Waals surface area (Å²) in [5, 5.41) is 17.5. The van der Waals surface area contributed by atoms with Gasteiger partial charge in [0.05, 0.1) is 10.4 Å². The number of amides is 1. The van der Waals surface area contributed by atoms with Gasteiger partial charge >= 0.3 is 0 Å². The molecule has 126 valence electrons. The van der Waals surface area contributed by atoms with Crippen LogP contribution < -0.4 is 10.6 Å². The molecule has 0 saturated heterocycles. The summed E-state index contributed by atoms with van der Waals surface area (Å²) in [5.74, 6) is -0.240. The Kier molecular flexibility index (Phi) is 4.84. The third kappa shape index (κ3) is 4.08. The van der Waals surface area contributed by atoms with Gasteiger partial charge in [-0.1, -0.05) is 24.3 Å². The van der Waals surface area contributed by atoms with Crippen LogP contribution in [0.3, 0.4) is 0 Å². The first-order valence-corrected chi connectivity index (χ1v) is 7.76. The minimum absolute atomic E-state index is 0.0428. The maximum atomic E-state index is 12.1. The maximum Gasteiger partial charge on any atom is 0.269 e. The zero-order chi connectivity index (χ0) is 17.6. The number of anilines is 1. The van der Waals surface area contributed by atoms with Crippen molar-refractivity contribution >= 4 is 28.2 Å². The van der Waals surface area contributed by atoms with Crippen LogP contribution in [0, 0.1) is 10.1 Å². The number of fused-ring (bicyclic) bond motifs is 1. The summed E-state index contributed by atoms with van der Waals surface area (Å²) in [7, 11) is 0. The summed E-state index contributed by atoms with van der Waals surface area (Å²) in [5.41, 5.74) is 1.94. The Morgan fingerprint density at radius 2 is 1.76 bits per heavy atom. The number of nitro groups is 1. The van der Waals surface area contributed by atoms with Crippen molar-refractivity contribution in [2.75, 3.05) is 18.4 Å². The number of carbonyl (C=O) groups excluding carboxylic acids is 1. The second-order valence-electron chi connectivity index (χ2n) is 5.38. The van der Waals surface area contributed by atoms with Gasteiger partial charge in [-0.05, 0) is 24.3 Å². The first-order chi connectivity index (χ1) is 12.1. The van der Waals surface area contributed by atoms with Gasteiger partial charge in [-0.2, -0.15) is 0 Å². The smallest absolute Gasteiger partial charge is 0.269 e. The highest BCUT2D eigenvalue weighted by Crippen LogP contribution is 2.15. The Labute approximate surface area is 143 Å². The number of hydrogen-bond acceptors (Lipinski definition) is 5. The van der Waals surface area contributed by atoms with Crippen molar-refractivity contribution in [3.05, 3.63) is 76.5 Å². The molecule has 0 spiro atoms. The minimum Gasteiger partial charge on any atom is -0.383 e. The van der Waals surface area contributed by atoms with E-state index in [2.05, 4.69) is 15.6 Å². The summed E-state index contributed by atoms with van der Waals surface area (Å²) in [6, 6.07) is 17.3. The second kappa shape index (κ2) is 7.39. The molecule has 2 aromatic carbocycles. The molecule has 25 heavy (non-hydrogen) atoms. The summed E-state index contributed by atoms with van der Waals surface area (Å²) in [4.78, 5) is 26.6. The average Bonchev–Trinajstić information content (AvgIpc) is 2.65. The Morgan fingerprint density at radius 1 is 1.00 bits per heavy atom. The zero-order valence-corrected chi connectivity index (χ0v) is 13.3. The summed E-state index contributed by atoms with van der Waals surface area (Å²) in [6.07, 6.45) is 0. The van der Waals surface area contributed by atoms with E-state index in [0.29, 0.717) is 18.8 Å². The van der Waals surface area contributed by atoms with E-state index in [1.165, 1.54) is 12.1 Å². The molecule has 0 fully saturated rings. The van der Waals surface area contributed by atoms with Gasteiger partial charge < -0.3 is 10.6 Å². The average molecular weight is 336 g/mol. The monoisotopic (exact) mass is 336 g/mol. The Hall–Kier alpha value is -3.48. The number of carbonyl (C=O) groups is 1. The number of rotatable bonds is 6. The second-order valence-corrected chi connectivity index (χ2v) is 5.38. The number of para-hydroxylation sites is 1. The van der Waals surface area contributed by atoms with Crippen molar-refractivity contribution in [2.45, 2.75) is 0 Å². The van der Waals surface area contributed by atoms with Gasteiger partial charge in [0.1, 0.15) is 5.69 Å². The van der Waals surface area contributed by atoms with Gasteiger partial charge in [0, 0.05) is 36.3 Å². The number of aromatic nitrogens is 1. The molecule has 0 radical (unpaired) electrons. The number of nitrogens with one attached hydrogen (secondary N) is 2. The molecule has 0 atom stereocenters. The number of hydrogen-bond donors (Lipinski definition) is 2. The van der Waals surface area contributed by atoms with E-state index in [-0.39, 0.29) is 11.6 Å². The predicted octanol–water partition coefficient (Wildman–Crippen LogP) is 2.98. The molecule has 0 aliphatic rings. The predicted molar refractivity (Wildman–Crippen MR) is 95.7 cm³/mol. The molecule has 1 amide bonds. The molecule has 0 aliphatic heterocycles. The number of non-ortho nitro benzene ring substituents is 1. The number of nitrogens with zero attached hydrogens (tertiary/aromatic N) is 2. The van der Waals surface area contributed by atoms with Crippen LogP contribution in [0.1, 0.15) is 10.5 Å². The van der Waals surface area contributed by atoms with E-state index in [9.17, 15) is 14.9 Å². The molecule has 3 aromatic rings. The minimum atomic E-state index is -0.444. The van der Waals surface area contributed by atoms with Crippen molar-refractivity contribution in [2.24, 2.45) is 0 Å². The lowest BCUT2D eigenvalue weighted by Crippen LogP contribution is -2.29. The van der Waals surface area contributed by atoms with E-state index in [1.807, 2.05) is 30.3 Å². The largest absolute Gasteiger partial charge is 0.383 e. The highest BCUT2D eigenvalue weighted by atomic mass is 16.6. The summed E-state index contributed by atoms with van der Waals surface area (Å²) >= 11 is 0. The van der Waals surface area contributed by atoms with E-state index in [0.717, 1.165) is 16.6 Å². The molecule has 1 heterocycles. The van der Waals surface area contributed by atoms with Crippen molar-refractivity contribution in [3.63, 3.8) is 0 Å². The molecule has 1 aromatic heterocycles. The highest BCUT2D eigenvalue weighted by Gasteiger charge is 2.07. The molecular weight excluding hydrogens is 320 g/mol. The van der Waals surface area contributed by atoms with Crippen LogP contribution in [-0.4, -0.2) is 28.9 Å². The zero-order valence-electron chi connectivity index (χ0n) is 13.3. The van der Waals surface area contributed by atoms with Crippen molar-refractivity contribution in [1.82, 2.24) is 10.3 Å². The standard InChI is InChI=1S/C18H16N4O3/c23-18(17-10-5-13-3-1-2-4-16(13)21-17)20-12-11-19-14-6-8-15(9-7-14)22(24)25/h1-10,19H,11-12H2,(H,20,23). The quantitative estimate of drug-likeness (QED) is 0.410. The fourth-order valence-corrected chi connectivity index (χ4v) is 2.37. The normalized spacial score (nSPS) is 10.4. The lowest BCUT2D eigenvalue weighted by Gasteiger charge is -2.08. The molecule has 0 bridgehead atoms. The van der Waals surface area contributed by atoms with Crippen molar-refractivity contribution in [3.8, 4) is 0 Å². The lowest BCUT2D eigenvalue weighted by molar-refractivity contribution is -0.384. The lowest BCUT2D eigenvalue weighted by atomic mass is 10.2. The third-order valence-corrected chi connectivity index (χ3v) is 3.65. The van der Waals surface area contributed by atoms with Crippen LogP contribution >= 0.6 is 0 Å². The molecule has 7 nitrogen and oxygen atoms in total. The Morgan fingerprint density at radius 3 is 2.52 bits per heavy atom. The number of nitro benzene ring substituents is 1. The van der Waals surface area contributed by atoms with Crippen LogP contribution in [0.15, 0.2) is 60.7 Å². The van der Waals surface area contributed by atoms with Crippen molar-refractivity contribution < 1.29 is 9.72 Å². The van der Waals surface area contributed by atoms with Gasteiger partial charge in [-0.3, -0.25) is 14.9 Å². The molecule has 0 aliphatic carbocycles. The Bertz CT molecular complexity index is 910. The van der Waals surface area contributed by atoms with Crippen LogP contribution in [0.25, 0.3) is 10.9 Å². The first-order valence-electron chi connectivity index (χ1n) is 7.76. The summed E-state index contributed by atoms with van der Waals surface area (Å²) < 4.78 is 0. The summed E-state index contributed by atoms with van der Waals surface area (Å²) in [6.45, 7) is 0.904. The first kappa shape index (κ1) is 16.4. The maximum absolute atomic E-state index is 12.1. The number of pyridine rings is 1. The van der Waals surface area contributed by atoms with Crippen LogP contribution in [0.4, 0.5) is 11.4 Å². The van der Waals surface area contributed by atoms with Gasteiger partial charge in [0.15, 0.2) is 0 Å². The third-order valence-electron chi connectivity index (χ3n) is 3.65. The fraction of sp³-hybridized carbons (Fsp3) is 0.111. The number of benzene rings is 2. The van der Waals surface area contributed by atoms with E-state index >= 15 is 0 Å². The van der Waals surface area contributed by atoms with Gasteiger partial charge in [0.2, 0.25) is 0 Å². The molecule has 0 unspecified atom stereocenters. The van der Waals surface area contributed by atoms with Crippen LogP contribution in [0.5, 0.6) is 0 Å². The fourth-order valence-electron chi connectivity index (χ4n) is 2.37. The molecule has 3 rings (SSSR count). The van der Waals surface area contributed by atoms with E-state index in [4.69, 9.17) is 0 Å². The molecule has 7 heteroatoms. The van der Waals surface area contributed by atoms with E-state index in [1.54, 1.807) is 18.2 Å². The van der Waals surface area contributed by atoms with Crippen molar-refractivity contribution in [1.29, 1.82) is 0 Å². The molecule has 2 N–H and O–H groups in total. The van der Waals surface area contributed by atoms with Gasteiger partial charge in [0.25, 0.3) is 11.6 Å². The van der Waals surface area contributed by atoms with E-state index < -0.39 is 4.92 Å². The Balaban J connectivity index is 1.51. The van der Waals surface area contributed by atoms with Gasteiger partial charge in [-0.15, -0.1) is 0 Å². The topological polar surface area (TPSA) is 97.2 Å².